The summed E-state index contributed by atoms with van der Waals surface area (Å²) in [5.41, 5.74) is 10.7. The quantitative estimate of drug-likeness (QED) is 0.265. The Bertz CT molecular complexity index is 1520. The number of imidazole rings is 1. The summed E-state index contributed by atoms with van der Waals surface area (Å²) in [6, 6.07) is 8.95. The molecular weight excluding hydrogens is 502 g/mol. The largest absolute Gasteiger partial charge is 0.390 e. The summed E-state index contributed by atoms with van der Waals surface area (Å²) >= 11 is 0. The van der Waals surface area contributed by atoms with Gasteiger partial charge in [-0.1, -0.05) is 19.4 Å². The number of nitrogens with zero attached hydrogens (tertiary/aromatic N) is 5. The number of aromatic amines is 1. The number of H-pyrrole nitrogens is 1. The molecule has 1 aromatic carbocycles. The highest BCUT2D eigenvalue weighted by molar-refractivity contribution is 5.86. The zero-order valence-corrected chi connectivity index (χ0v) is 23.5. The Balaban J connectivity index is 0.917. The smallest absolute Gasteiger partial charge is 0.145 e. The standard InChI is InChI=1S/C31H41N7O2/c1-31(9-3-10-31)20-5-6-23-24(15-20)36-26(35-23)7-4-18-12-21(13-18)37(2)16-19-14-25(28(40)27(19)39)38-11-8-22-29(32)33-17-34-30(22)38/h5-6,8,11,15,17-19,21,25,27-28,39-40H,3-4,7,9-10,12-14,16H2,1-2H3,(H,35,36)(H2,32,33,34)/t18?,19-,21?,25+,27+,28-/m1/s1. The summed E-state index contributed by atoms with van der Waals surface area (Å²) in [5, 5.41) is 22.6. The Morgan fingerprint density at radius 2 is 1.95 bits per heavy atom. The molecule has 0 radical (unpaired) electrons. The number of benzene rings is 1. The van der Waals surface area contributed by atoms with Crippen LogP contribution in [0.1, 0.15) is 69.3 Å². The molecule has 0 bridgehead atoms. The summed E-state index contributed by atoms with van der Waals surface area (Å²) in [6.45, 7) is 3.15. The first-order valence-electron chi connectivity index (χ1n) is 14.9. The van der Waals surface area contributed by atoms with Gasteiger partial charge in [0.05, 0.1) is 28.6 Å². The van der Waals surface area contributed by atoms with Crippen LogP contribution in [-0.2, 0) is 11.8 Å². The van der Waals surface area contributed by atoms with Crippen LogP contribution in [0.3, 0.4) is 0 Å². The van der Waals surface area contributed by atoms with Crippen LogP contribution < -0.4 is 5.73 Å². The maximum atomic E-state index is 10.9. The van der Waals surface area contributed by atoms with Crippen molar-refractivity contribution in [2.45, 2.75) is 88.0 Å². The summed E-state index contributed by atoms with van der Waals surface area (Å²) in [7, 11) is 2.16. The third-order valence-corrected chi connectivity index (χ3v) is 10.5. The number of aromatic nitrogens is 5. The molecule has 0 amide bonds. The number of aryl methyl sites for hydroxylation is 1. The van der Waals surface area contributed by atoms with Crippen LogP contribution in [0.15, 0.2) is 36.8 Å². The molecule has 3 aliphatic rings. The number of aliphatic hydroxyl groups excluding tert-OH is 2. The lowest BCUT2D eigenvalue weighted by molar-refractivity contribution is -0.00658. The molecule has 3 aliphatic carbocycles. The molecule has 3 aromatic heterocycles. The van der Waals surface area contributed by atoms with Gasteiger partial charge in [-0.05, 0) is 80.7 Å². The SMILES string of the molecule is CN(C[C@H]1C[C@H](n2ccc3c(N)ncnc32)[C@@H](O)[C@H]1O)C1CC(CCc2nc3ccc(C4(C)CCC4)cc3[nH]2)C1. The van der Waals surface area contributed by atoms with Crippen molar-refractivity contribution in [3.63, 3.8) is 0 Å². The summed E-state index contributed by atoms with van der Waals surface area (Å²) in [5.74, 6) is 2.23. The van der Waals surface area contributed by atoms with Gasteiger partial charge in [0.2, 0.25) is 0 Å². The van der Waals surface area contributed by atoms with Crippen molar-refractivity contribution in [3.05, 3.63) is 48.2 Å². The number of fused-ring (bicyclic) bond motifs is 2. The highest BCUT2D eigenvalue weighted by Crippen LogP contribution is 2.44. The van der Waals surface area contributed by atoms with Crippen molar-refractivity contribution in [1.29, 1.82) is 0 Å². The maximum absolute atomic E-state index is 10.9. The molecule has 5 N–H and O–H groups in total. The lowest BCUT2D eigenvalue weighted by Crippen LogP contribution is -2.46. The summed E-state index contributed by atoms with van der Waals surface area (Å²) in [4.78, 5) is 19.3. The van der Waals surface area contributed by atoms with Crippen LogP contribution in [0.25, 0.3) is 22.1 Å². The van der Waals surface area contributed by atoms with Crippen molar-refractivity contribution in [3.8, 4) is 0 Å². The number of hydrogen-bond donors (Lipinski definition) is 4. The van der Waals surface area contributed by atoms with Gasteiger partial charge in [0, 0.05) is 31.1 Å². The Morgan fingerprint density at radius 3 is 2.73 bits per heavy atom. The topological polar surface area (TPSA) is 129 Å². The first-order chi connectivity index (χ1) is 19.3. The Kier molecular flexibility index (Phi) is 6.36. The number of hydrogen-bond acceptors (Lipinski definition) is 7. The predicted molar refractivity (Wildman–Crippen MR) is 156 cm³/mol. The van der Waals surface area contributed by atoms with Crippen LogP contribution in [0.2, 0.25) is 0 Å². The van der Waals surface area contributed by atoms with E-state index < -0.39 is 12.2 Å². The van der Waals surface area contributed by atoms with Gasteiger partial charge in [0.25, 0.3) is 0 Å². The van der Waals surface area contributed by atoms with Crippen molar-refractivity contribution in [2.75, 3.05) is 19.3 Å². The van der Waals surface area contributed by atoms with E-state index in [2.05, 4.69) is 52.0 Å². The van der Waals surface area contributed by atoms with Crippen molar-refractivity contribution in [2.24, 2.45) is 11.8 Å². The molecule has 0 aliphatic heterocycles. The first-order valence-corrected chi connectivity index (χ1v) is 14.9. The second kappa shape index (κ2) is 9.82. The van der Waals surface area contributed by atoms with E-state index in [0.29, 0.717) is 35.3 Å². The average molecular weight is 544 g/mol. The van der Waals surface area contributed by atoms with E-state index in [1.54, 1.807) is 0 Å². The molecular formula is C31H41N7O2. The first kappa shape index (κ1) is 25.9. The molecule has 212 valence electrons. The lowest BCUT2D eigenvalue weighted by atomic mass is 9.66. The third-order valence-electron chi connectivity index (χ3n) is 10.5. The Labute approximate surface area is 234 Å². The summed E-state index contributed by atoms with van der Waals surface area (Å²) in [6.07, 6.45) is 10.8. The van der Waals surface area contributed by atoms with Gasteiger partial charge < -0.3 is 30.4 Å². The normalized spacial score (nSPS) is 29.7. The van der Waals surface area contributed by atoms with Crippen molar-refractivity contribution >= 4 is 27.9 Å². The van der Waals surface area contributed by atoms with Crippen LogP contribution in [-0.4, -0.2) is 71.5 Å². The van der Waals surface area contributed by atoms with Crippen LogP contribution in [0, 0.1) is 11.8 Å². The molecule has 7 rings (SSSR count). The zero-order chi connectivity index (χ0) is 27.6. The molecule has 3 fully saturated rings. The van der Waals surface area contributed by atoms with Crippen molar-refractivity contribution < 1.29 is 10.2 Å². The molecule has 0 unspecified atom stereocenters. The molecule has 4 aromatic rings. The molecule has 3 heterocycles. The number of anilines is 1. The van der Waals surface area contributed by atoms with E-state index in [-0.39, 0.29) is 12.0 Å². The molecule has 40 heavy (non-hydrogen) atoms. The van der Waals surface area contributed by atoms with Gasteiger partial charge in [-0.15, -0.1) is 0 Å². The maximum Gasteiger partial charge on any atom is 0.145 e. The van der Waals surface area contributed by atoms with Gasteiger partial charge in [-0.2, -0.15) is 0 Å². The number of rotatable bonds is 8. The third kappa shape index (κ3) is 4.39. The van der Waals surface area contributed by atoms with Gasteiger partial charge in [0.15, 0.2) is 0 Å². The number of nitrogen functional groups attached to an aromatic ring is 1. The zero-order valence-electron chi connectivity index (χ0n) is 23.5. The van der Waals surface area contributed by atoms with E-state index in [1.165, 1.54) is 49.5 Å². The lowest BCUT2D eigenvalue weighted by Gasteiger charge is -2.42. The molecule has 9 nitrogen and oxygen atoms in total. The minimum Gasteiger partial charge on any atom is -0.390 e. The van der Waals surface area contributed by atoms with Gasteiger partial charge in [-0.3, -0.25) is 0 Å². The highest BCUT2D eigenvalue weighted by atomic mass is 16.3. The van der Waals surface area contributed by atoms with Gasteiger partial charge >= 0.3 is 0 Å². The van der Waals surface area contributed by atoms with E-state index in [9.17, 15) is 10.2 Å². The van der Waals surface area contributed by atoms with Crippen LogP contribution in [0.4, 0.5) is 5.82 Å². The Morgan fingerprint density at radius 1 is 1.12 bits per heavy atom. The fourth-order valence-corrected chi connectivity index (χ4v) is 7.52. The fourth-order valence-electron chi connectivity index (χ4n) is 7.52. The van der Waals surface area contributed by atoms with E-state index in [0.717, 1.165) is 36.1 Å². The monoisotopic (exact) mass is 543 g/mol. The number of nitrogens with two attached hydrogens (primary N) is 1. The molecule has 4 atom stereocenters. The molecule has 0 saturated heterocycles. The minimum atomic E-state index is -0.837. The molecule has 3 saturated carbocycles. The second-order valence-electron chi connectivity index (χ2n) is 13.1. The van der Waals surface area contributed by atoms with Crippen LogP contribution >= 0.6 is 0 Å². The Hall–Kier alpha value is -3.01. The van der Waals surface area contributed by atoms with Gasteiger partial charge in [-0.25, -0.2) is 15.0 Å². The minimum absolute atomic E-state index is 0.00307. The molecule has 0 spiro atoms. The number of nitrogens with one attached hydrogen (secondary N) is 1. The van der Waals surface area contributed by atoms with E-state index in [4.69, 9.17) is 10.7 Å². The fraction of sp³-hybridized carbons (Fsp3) is 0.581. The van der Waals surface area contributed by atoms with Gasteiger partial charge in [0.1, 0.15) is 29.7 Å². The van der Waals surface area contributed by atoms with Crippen molar-refractivity contribution in [1.82, 2.24) is 29.4 Å². The van der Waals surface area contributed by atoms with E-state index in [1.807, 2.05) is 16.8 Å². The van der Waals surface area contributed by atoms with E-state index >= 15 is 0 Å². The summed E-state index contributed by atoms with van der Waals surface area (Å²) < 4.78 is 1.95. The predicted octanol–water partition coefficient (Wildman–Crippen LogP) is 3.96. The second-order valence-corrected chi connectivity index (χ2v) is 13.1. The average Bonchev–Trinajstić information content (AvgIpc) is 3.58. The molecule has 9 heteroatoms. The number of aliphatic hydroxyl groups is 2. The highest BCUT2D eigenvalue weighted by Gasteiger charge is 2.44. The van der Waals surface area contributed by atoms with Crippen LogP contribution in [0.5, 0.6) is 0 Å².